The molecule has 2 fully saturated rings. The number of hydrogen-bond donors (Lipinski definition) is 1. The van der Waals surface area contributed by atoms with Gasteiger partial charge in [0.05, 0.1) is 11.9 Å². The largest absolute Gasteiger partial charge is 0.493 e. The Morgan fingerprint density at radius 2 is 2.03 bits per heavy atom. The molecule has 0 bridgehead atoms. The van der Waals surface area contributed by atoms with Crippen molar-refractivity contribution in [2.45, 2.75) is 56.2 Å². The Bertz CT molecular complexity index is 1020. The van der Waals surface area contributed by atoms with Gasteiger partial charge in [-0.05, 0) is 38.3 Å². The van der Waals surface area contributed by atoms with Crippen LogP contribution >= 0.6 is 0 Å². The molecule has 1 aromatic heterocycles. The fourth-order valence-electron chi connectivity index (χ4n) is 3.74. The Balaban J connectivity index is 1.45. The number of alkyl halides is 2. The molecule has 30 heavy (non-hydrogen) atoms. The van der Waals surface area contributed by atoms with E-state index in [4.69, 9.17) is 9.26 Å². The molecular formula is C20H23F3N2O4S. The SMILES string of the molecule is Cc1cc(-c2ccc(OC[C@H]3CC(F)(F)CC[C@@H]3NS(=O)(=O)C3CC3)cc2F)no1. The van der Waals surface area contributed by atoms with Crippen molar-refractivity contribution in [1.82, 2.24) is 9.88 Å². The predicted octanol–water partition coefficient (Wildman–Crippen LogP) is 4.05. The number of halogens is 3. The molecule has 2 atom stereocenters. The van der Waals surface area contributed by atoms with Crippen LogP contribution in [-0.4, -0.2) is 37.4 Å². The summed E-state index contributed by atoms with van der Waals surface area (Å²) in [5.74, 6) is -3.46. The maximum Gasteiger partial charge on any atom is 0.248 e. The lowest BCUT2D eigenvalue weighted by Crippen LogP contribution is -2.49. The highest BCUT2D eigenvalue weighted by atomic mass is 32.2. The van der Waals surface area contributed by atoms with Crippen LogP contribution in [0.25, 0.3) is 11.3 Å². The second kappa shape index (κ2) is 7.88. The van der Waals surface area contributed by atoms with Gasteiger partial charge in [-0.15, -0.1) is 0 Å². The average molecular weight is 444 g/mol. The van der Waals surface area contributed by atoms with Crippen LogP contribution in [0.4, 0.5) is 13.2 Å². The van der Waals surface area contributed by atoms with Gasteiger partial charge in [0.15, 0.2) is 0 Å². The molecule has 0 amide bonds. The standard InChI is InChI=1S/C20H23F3N2O4S/c1-12-8-19(24-29-12)16-5-2-14(9-17(16)21)28-11-13-10-20(22,23)7-6-18(13)25-30(26,27)15-3-4-15/h2,5,8-9,13,15,18,25H,3-4,6-7,10-11H2,1H3/t13-,18+/m1/s1. The third-order valence-corrected chi connectivity index (χ3v) is 7.52. The molecule has 164 valence electrons. The molecule has 4 rings (SSSR count). The topological polar surface area (TPSA) is 81.4 Å². The summed E-state index contributed by atoms with van der Waals surface area (Å²) in [6, 6.07) is 5.12. The fraction of sp³-hybridized carbons (Fsp3) is 0.550. The summed E-state index contributed by atoms with van der Waals surface area (Å²) in [5, 5.41) is 3.34. The number of ether oxygens (including phenoxy) is 1. The number of hydrogen-bond acceptors (Lipinski definition) is 5. The number of rotatable bonds is 7. The number of aromatic nitrogens is 1. The molecule has 0 spiro atoms. The van der Waals surface area contributed by atoms with Crippen LogP contribution in [0.2, 0.25) is 0 Å². The smallest absolute Gasteiger partial charge is 0.248 e. The van der Waals surface area contributed by atoms with Crippen molar-refractivity contribution in [3.63, 3.8) is 0 Å². The van der Waals surface area contributed by atoms with E-state index in [2.05, 4.69) is 9.88 Å². The predicted molar refractivity (Wildman–Crippen MR) is 103 cm³/mol. The van der Waals surface area contributed by atoms with Crippen molar-refractivity contribution < 1.29 is 30.8 Å². The van der Waals surface area contributed by atoms with Gasteiger partial charge < -0.3 is 9.26 Å². The third kappa shape index (κ3) is 4.80. The average Bonchev–Trinajstić information content (AvgIpc) is 3.45. The minimum Gasteiger partial charge on any atom is -0.493 e. The minimum atomic E-state index is -3.51. The Hall–Kier alpha value is -2.07. The van der Waals surface area contributed by atoms with Crippen LogP contribution in [0.15, 0.2) is 28.8 Å². The van der Waals surface area contributed by atoms with Gasteiger partial charge in [0.25, 0.3) is 0 Å². The summed E-state index contributed by atoms with van der Waals surface area (Å²) in [5.41, 5.74) is 0.580. The van der Waals surface area contributed by atoms with Gasteiger partial charge in [-0.3, -0.25) is 0 Å². The van der Waals surface area contributed by atoms with Crippen molar-refractivity contribution in [1.29, 1.82) is 0 Å². The van der Waals surface area contributed by atoms with Gasteiger partial charge in [0.1, 0.15) is 23.0 Å². The van der Waals surface area contributed by atoms with E-state index in [9.17, 15) is 21.6 Å². The lowest BCUT2D eigenvalue weighted by molar-refractivity contribution is -0.0661. The summed E-state index contributed by atoms with van der Waals surface area (Å²) in [6.45, 7) is 1.55. The van der Waals surface area contributed by atoms with E-state index in [1.54, 1.807) is 13.0 Å². The van der Waals surface area contributed by atoms with E-state index in [0.717, 1.165) is 6.07 Å². The lowest BCUT2D eigenvalue weighted by Gasteiger charge is -2.36. The lowest BCUT2D eigenvalue weighted by atomic mass is 9.83. The van der Waals surface area contributed by atoms with Gasteiger partial charge in [0.2, 0.25) is 15.9 Å². The van der Waals surface area contributed by atoms with E-state index >= 15 is 0 Å². The summed E-state index contributed by atoms with van der Waals surface area (Å²) in [6.07, 6.45) is 0.364. The molecule has 0 unspecified atom stereocenters. The van der Waals surface area contributed by atoms with Crippen LogP contribution in [0.5, 0.6) is 5.75 Å². The van der Waals surface area contributed by atoms with Crippen LogP contribution < -0.4 is 9.46 Å². The maximum atomic E-state index is 14.5. The monoisotopic (exact) mass is 444 g/mol. The van der Waals surface area contributed by atoms with Crippen molar-refractivity contribution in [2.75, 3.05) is 6.61 Å². The van der Waals surface area contributed by atoms with E-state index in [1.165, 1.54) is 12.1 Å². The first-order valence-corrected chi connectivity index (χ1v) is 11.4. The molecule has 1 N–H and O–H groups in total. The zero-order valence-corrected chi connectivity index (χ0v) is 17.2. The van der Waals surface area contributed by atoms with Gasteiger partial charge in [-0.25, -0.2) is 26.3 Å². The van der Waals surface area contributed by atoms with Crippen molar-refractivity contribution in [3.8, 4) is 17.0 Å². The van der Waals surface area contributed by atoms with E-state index < -0.39 is 45.4 Å². The van der Waals surface area contributed by atoms with Gasteiger partial charge in [-0.2, -0.15) is 0 Å². The summed E-state index contributed by atoms with van der Waals surface area (Å²) >= 11 is 0. The van der Waals surface area contributed by atoms with Crippen LogP contribution in [-0.2, 0) is 10.0 Å². The molecule has 0 saturated heterocycles. The zero-order valence-electron chi connectivity index (χ0n) is 16.4. The summed E-state index contributed by atoms with van der Waals surface area (Å²) in [7, 11) is -3.51. The second-order valence-electron chi connectivity index (χ2n) is 8.10. The van der Waals surface area contributed by atoms with Gasteiger partial charge in [0, 0.05) is 42.5 Å². The number of nitrogens with one attached hydrogen (secondary N) is 1. The highest BCUT2D eigenvalue weighted by Crippen LogP contribution is 2.38. The molecule has 2 aliphatic rings. The number of nitrogens with zero attached hydrogens (tertiary/aromatic N) is 1. The highest BCUT2D eigenvalue weighted by Gasteiger charge is 2.45. The Morgan fingerprint density at radius 3 is 2.67 bits per heavy atom. The highest BCUT2D eigenvalue weighted by molar-refractivity contribution is 7.90. The minimum absolute atomic E-state index is 0.0335. The van der Waals surface area contributed by atoms with E-state index in [0.29, 0.717) is 24.3 Å². The Kier molecular flexibility index (Phi) is 5.56. The molecule has 2 saturated carbocycles. The van der Waals surface area contributed by atoms with E-state index in [-0.39, 0.29) is 30.8 Å². The third-order valence-electron chi connectivity index (χ3n) is 5.54. The molecule has 2 aliphatic carbocycles. The zero-order chi connectivity index (χ0) is 21.5. The second-order valence-corrected chi connectivity index (χ2v) is 10.1. The molecule has 0 radical (unpaired) electrons. The van der Waals surface area contributed by atoms with Crippen molar-refractivity contribution >= 4 is 10.0 Å². The van der Waals surface area contributed by atoms with Gasteiger partial charge >= 0.3 is 0 Å². The first kappa shape index (κ1) is 21.2. The van der Waals surface area contributed by atoms with Gasteiger partial charge in [-0.1, -0.05) is 5.16 Å². The number of aryl methyl sites for hydroxylation is 1. The van der Waals surface area contributed by atoms with Crippen LogP contribution in [0.3, 0.4) is 0 Å². The molecule has 0 aliphatic heterocycles. The molecule has 10 heteroatoms. The number of sulfonamides is 1. The van der Waals surface area contributed by atoms with E-state index in [1.807, 2.05) is 0 Å². The first-order chi connectivity index (χ1) is 14.1. The maximum absolute atomic E-state index is 14.5. The summed E-state index contributed by atoms with van der Waals surface area (Å²) in [4.78, 5) is 0. The molecule has 1 aromatic carbocycles. The summed E-state index contributed by atoms with van der Waals surface area (Å²) < 4.78 is 80.0. The normalized spacial score (nSPS) is 24.0. The quantitative estimate of drug-likeness (QED) is 0.697. The molecular weight excluding hydrogens is 421 g/mol. The van der Waals surface area contributed by atoms with Crippen molar-refractivity contribution in [3.05, 3.63) is 35.8 Å². The first-order valence-electron chi connectivity index (χ1n) is 9.88. The van der Waals surface area contributed by atoms with Crippen LogP contribution in [0.1, 0.15) is 37.9 Å². The molecule has 2 aromatic rings. The number of benzene rings is 1. The Labute approximate surface area is 172 Å². The van der Waals surface area contributed by atoms with Crippen molar-refractivity contribution in [2.24, 2.45) is 5.92 Å². The van der Waals surface area contributed by atoms with Crippen LogP contribution in [0, 0.1) is 18.7 Å². The molecule has 6 nitrogen and oxygen atoms in total. The molecule has 1 heterocycles. The Morgan fingerprint density at radius 1 is 1.27 bits per heavy atom. The fourth-order valence-corrected chi connectivity index (χ4v) is 5.42.